The number of benzene rings is 1. The Balaban J connectivity index is 0.000000183. The molecule has 2 aliphatic rings. The van der Waals surface area contributed by atoms with E-state index in [0.29, 0.717) is 30.8 Å². The highest BCUT2D eigenvalue weighted by Gasteiger charge is 2.26. The smallest absolute Gasteiger partial charge is 0.339 e. The summed E-state index contributed by atoms with van der Waals surface area (Å²) in [6, 6.07) is 19.1. The van der Waals surface area contributed by atoms with Gasteiger partial charge in [0.15, 0.2) is 0 Å². The molecule has 0 aliphatic carbocycles. The van der Waals surface area contributed by atoms with Gasteiger partial charge in [-0.1, -0.05) is 18.2 Å². The predicted octanol–water partition coefficient (Wildman–Crippen LogP) is 7.55. The van der Waals surface area contributed by atoms with Gasteiger partial charge in [-0.25, -0.2) is 9.78 Å². The number of rotatable bonds is 17. The summed E-state index contributed by atoms with van der Waals surface area (Å²) in [7, 11) is 0. The van der Waals surface area contributed by atoms with Crippen LogP contribution in [0.3, 0.4) is 0 Å². The maximum Gasteiger partial charge on any atom is 0.339 e. The Labute approximate surface area is 351 Å². The number of hydrogen-bond donors (Lipinski definition) is 2. The van der Waals surface area contributed by atoms with Crippen molar-refractivity contribution in [3.63, 3.8) is 0 Å². The molecule has 0 radical (unpaired) electrons. The summed E-state index contributed by atoms with van der Waals surface area (Å²) in [6.45, 7) is 11.2. The molecular weight excluding hydrogens is 759 g/mol. The van der Waals surface area contributed by atoms with Crippen LogP contribution in [0.25, 0.3) is 21.9 Å². The Morgan fingerprint density at radius 1 is 0.733 bits per heavy atom. The first-order valence-electron chi connectivity index (χ1n) is 21.3. The maximum absolute atomic E-state index is 11.3. The number of carbonyl (C=O) groups is 2. The number of carboxylic acids is 2. The number of likely N-dealkylation sites (tertiary alicyclic amines) is 2. The van der Waals surface area contributed by atoms with Crippen LogP contribution in [0.5, 0.6) is 5.75 Å². The monoisotopic (exact) mass is 815 g/mol. The molecule has 0 saturated carbocycles. The van der Waals surface area contributed by atoms with Crippen molar-refractivity contribution in [2.45, 2.75) is 70.4 Å². The van der Waals surface area contributed by atoms with Crippen molar-refractivity contribution in [1.29, 1.82) is 0 Å². The molecule has 13 heteroatoms. The Morgan fingerprint density at radius 3 is 2.15 bits per heavy atom. The standard InChI is InChI=1S/C25H31N3O4.C22H26N4O2/c1-2-31-15-14-28-18-22(20-7-10-26-17-23(20)28)19-8-11-27(12-9-19)13-16-32-24-6-4-3-5-21(24)25(29)30;27-21(28)7-4-12-25-13-8-17(9-14-25)20-16-26(15-18-5-1-2-10-23-18)22-19(20)6-3-11-24-22/h3-7,10,17-19H,2,8-9,11-16H2,1H3,(H,29,30);1-3,5-6,10-11,16-17H,4,7-9,12-15H2,(H,27,28). The third kappa shape index (κ3) is 10.9. The molecule has 2 fully saturated rings. The average Bonchev–Trinajstić information content (AvgIpc) is 3.83. The second-order valence-corrected chi connectivity index (χ2v) is 15.7. The van der Waals surface area contributed by atoms with Crippen LogP contribution >= 0.6 is 0 Å². The molecule has 0 atom stereocenters. The molecule has 6 aromatic rings. The van der Waals surface area contributed by atoms with Crippen LogP contribution < -0.4 is 4.74 Å². The minimum atomic E-state index is -0.961. The summed E-state index contributed by atoms with van der Waals surface area (Å²) >= 11 is 0. The van der Waals surface area contributed by atoms with Crippen molar-refractivity contribution in [2.75, 3.05) is 59.1 Å². The topological polar surface area (TPSA) is 148 Å². The van der Waals surface area contributed by atoms with Crippen LogP contribution in [0.2, 0.25) is 0 Å². The van der Waals surface area contributed by atoms with Gasteiger partial charge in [-0.3, -0.25) is 19.7 Å². The zero-order valence-electron chi connectivity index (χ0n) is 34.6. The van der Waals surface area contributed by atoms with Crippen LogP contribution in [0.15, 0.2) is 97.8 Å². The summed E-state index contributed by atoms with van der Waals surface area (Å²) in [5.74, 6) is -0.186. The number of ether oxygens (including phenoxy) is 2. The SMILES string of the molecule is CCOCCn1cc(C2CCN(CCOc3ccccc3C(=O)O)CC2)c2ccncc21.O=C(O)CCCN1CCC(c2cn(Cc3ccccn3)c3ncccc23)CC1. The molecule has 13 nitrogen and oxygen atoms in total. The number of aliphatic carboxylic acids is 1. The summed E-state index contributed by atoms with van der Waals surface area (Å²) in [5.41, 5.74) is 6.22. The molecule has 316 valence electrons. The third-order valence-electron chi connectivity index (χ3n) is 11.8. The highest BCUT2D eigenvalue weighted by atomic mass is 16.5. The first-order valence-corrected chi connectivity index (χ1v) is 21.3. The Hall–Kier alpha value is -5.63. The summed E-state index contributed by atoms with van der Waals surface area (Å²) < 4.78 is 15.8. The molecule has 2 aliphatic heterocycles. The maximum atomic E-state index is 11.3. The van der Waals surface area contributed by atoms with E-state index >= 15 is 0 Å². The van der Waals surface area contributed by atoms with E-state index in [2.05, 4.69) is 58.4 Å². The lowest BCUT2D eigenvalue weighted by Gasteiger charge is -2.31. The zero-order valence-corrected chi connectivity index (χ0v) is 34.6. The fraction of sp³-hybridized carbons (Fsp3) is 0.426. The van der Waals surface area contributed by atoms with Crippen LogP contribution in [0.4, 0.5) is 0 Å². The molecule has 2 N–H and O–H groups in total. The van der Waals surface area contributed by atoms with Crippen molar-refractivity contribution >= 4 is 33.9 Å². The number of aromatic carboxylic acids is 1. The van der Waals surface area contributed by atoms with Crippen molar-refractivity contribution in [3.8, 4) is 5.75 Å². The molecule has 8 rings (SSSR count). The Bertz CT molecular complexity index is 2290. The van der Waals surface area contributed by atoms with Crippen molar-refractivity contribution in [3.05, 3.63) is 120 Å². The normalized spacial score (nSPS) is 15.6. The van der Waals surface area contributed by atoms with Gasteiger partial charge in [0, 0.05) is 67.9 Å². The fourth-order valence-electron chi connectivity index (χ4n) is 8.69. The number of carboxylic acid groups (broad SMARTS) is 2. The largest absolute Gasteiger partial charge is 0.491 e. The highest BCUT2D eigenvalue weighted by Crippen LogP contribution is 2.35. The van der Waals surface area contributed by atoms with Gasteiger partial charge in [-0.05, 0) is 137 Å². The summed E-state index contributed by atoms with van der Waals surface area (Å²) in [5, 5.41) is 20.6. The van der Waals surface area contributed by atoms with Crippen LogP contribution in [-0.4, -0.2) is 115 Å². The minimum absolute atomic E-state index is 0.210. The first-order chi connectivity index (χ1) is 29.4. The lowest BCUT2D eigenvalue weighted by Crippen LogP contribution is -2.35. The second kappa shape index (κ2) is 21.1. The number of para-hydroxylation sites is 1. The van der Waals surface area contributed by atoms with E-state index in [4.69, 9.17) is 14.6 Å². The Morgan fingerprint density at radius 2 is 1.43 bits per heavy atom. The molecular formula is C47H57N7O6. The number of aromatic nitrogens is 5. The van der Waals surface area contributed by atoms with E-state index in [1.54, 1.807) is 24.3 Å². The molecule has 1 aromatic carbocycles. The van der Waals surface area contributed by atoms with Crippen molar-refractivity contribution < 1.29 is 29.3 Å². The average molecular weight is 816 g/mol. The number of pyridine rings is 3. The second-order valence-electron chi connectivity index (χ2n) is 15.7. The van der Waals surface area contributed by atoms with E-state index < -0.39 is 11.9 Å². The van der Waals surface area contributed by atoms with E-state index in [0.717, 1.165) is 102 Å². The van der Waals surface area contributed by atoms with E-state index in [1.807, 2.05) is 56.0 Å². The molecule has 0 spiro atoms. The number of hydrogen-bond acceptors (Lipinski definition) is 9. The molecule has 7 heterocycles. The van der Waals surface area contributed by atoms with Crippen LogP contribution in [0, 0.1) is 0 Å². The van der Waals surface area contributed by atoms with E-state index in [1.165, 1.54) is 27.4 Å². The summed E-state index contributed by atoms with van der Waals surface area (Å²) in [6.07, 6.45) is 17.4. The van der Waals surface area contributed by atoms with E-state index in [9.17, 15) is 14.7 Å². The molecule has 2 saturated heterocycles. The predicted molar refractivity (Wildman–Crippen MR) is 232 cm³/mol. The number of nitrogens with zero attached hydrogens (tertiary/aromatic N) is 7. The fourth-order valence-corrected chi connectivity index (χ4v) is 8.69. The summed E-state index contributed by atoms with van der Waals surface area (Å²) in [4.78, 5) is 40.2. The zero-order chi connectivity index (χ0) is 41.7. The number of piperidine rings is 2. The molecule has 0 unspecified atom stereocenters. The van der Waals surface area contributed by atoms with Crippen molar-refractivity contribution in [1.82, 2.24) is 33.9 Å². The molecule has 0 bridgehead atoms. The van der Waals surface area contributed by atoms with Gasteiger partial charge >= 0.3 is 11.9 Å². The van der Waals surface area contributed by atoms with Crippen LogP contribution in [0.1, 0.15) is 84.5 Å². The molecule has 60 heavy (non-hydrogen) atoms. The van der Waals surface area contributed by atoms with Gasteiger partial charge in [-0.15, -0.1) is 0 Å². The van der Waals surface area contributed by atoms with Gasteiger partial charge < -0.3 is 33.7 Å². The lowest BCUT2D eigenvalue weighted by molar-refractivity contribution is -0.137. The van der Waals surface area contributed by atoms with Gasteiger partial charge in [-0.2, -0.15) is 0 Å². The molecule has 5 aromatic heterocycles. The van der Waals surface area contributed by atoms with Gasteiger partial charge in [0.05, 0.1) is 30.6 Å². The first kappa shape index (κ1) is 42.5. The highest BCUT2D eigenvalue weighted by molar-refractivity contribution is 5.90. The van der Waals surface area contributed by atoms with Crippen LogP contribution in [-0.2, 0) is 22.6 Å². The van der Waals surface area contributed by atoms with Crippen molar-refractivity contribution in [2.24, 2.45) is 0 Å². The van der Waals surface area contributed by atoms with E-state index in [-0.39, 0.29) is 12.0 Å². The van der Waals surface area contributed by atoms with Gasteiger partial charge in [0.25, 0.3) is 0 Å². The third-order valence-corrected chi connectivity index (χ3v) is 11.8. The molecule has 0 amide bonds. The minimum Gasteiger partial charge on any atom is -0.491 e. The van der Waals surface area contributed by atoms with Gasteiger partial charge in [0.2, 0.25) is 0 Å². The lowest BCUT2D eigenvalue weighted by atomic mass is 9.89. The quantitative estimate of drug-likeness (QED) is 0.0880. The number of fused-ring (bicyclic) bond motifs is 2. The Kier molecular flexibility index (Phi) is 14.9. The van der Waals surface area contributed by atoms with Gasteiger partial charge in [0.1, 0.15) is 23.6 Å².